The van der Waals surface area contributed by atoms with E-state index in [1.54, 1.807) is 0 Å². The van der Waals surface area contributed by atoms with E-state index in [1.165, 1.54) is 0 Å². The van der Waals surface area contributed by atoms with E-state index in [0.29, 0.717) is 12.4 Å². The minimum Gasteiger partial charge on any atom is -0.489 e. The summed E-state index contributed by atoms with van der Waals surface area (Å²) in [5.74, 6) is 1.64. The molecule has 0 N–H and O–H groups in total. The molecule has 14 heavy (non-hydrogen) atoms. The lowest BCUT2D eigenvalue weighted by atomic mass is 10.1. The minimum absolute atomic E-state index is 0.551. The zero-order valence-corrected chi connectivity index (χ0v) is 9.60. The Labute approximate surface area is 91.2 Å². The Morgan fingerprint density at radius 3 is 2.43 bits per heavy atom. The molecule has 0 heterocycles. The second kappa shape index (κ2) is 5.11. The quantitative estimate of drug-likeness (QED) is 0.590. The number of benzene rings is 1. The van der Waals surface area contributed by atoms with E-state index in [4.69, 9.17) is 4.74 Å². The normalized spacial score (nSPS) is 9.93. The van der Waals surface area contributed by atoms with Crippen LogP contribution >= 0.6 is 12.6 Å². The van der Waals surface area contributed by atoms with Crippen LogP contribution in [0.1, 0.15) is 11.1 Å². The first-order valence-electron chi connectivity index (χ1n) is 4.61. The van der Waals surface area contributed by atoms with Crippen LogP contribution in [0.15, 0.2) is 30.4 Å². The summed E-state index contributed by atoms with van der Waals surface area (Å²) < 4.78 is 5.67. The number of hydrogen-bond donors (Lipinski definition) is 1. The van der Waals surface area contributed by atoms with Crippen LogP contribution in [0, 0.1) is 13.8 Å². The summed E-state index contributed by atoms with van der Waals surface area (Å²) in [6.07, 6.45) is 0. The Morgan fingerprint density at radius 1 is 1.36 bits per heavy atom. The van der Waals surface area contributed by atoms with E-state index >= 15 is 0 Å². The first-order valence-corrected chi connectivity index (χ1v) is 5.25. The molecule has 0 aliphatic heterocycles. The molecule has 0 fully saturated rings. The molecule has 0 amide bonds. The standard InChI is InChI=1S/C12H16OS/c1-9(8-14)7-13-12-10(2)5-4-6-11(12)3/h4-6,14H,1,7-8H2,2-3H3. The molecule has 0 saturated heterocycles. The second-order valence-electron chi connectivity index (χ2n) is 3.42. The highest BCUT2D eigenvalue weighted by atomic mass is 32.1. The fourth-order valence-electron chi connectivity index (χ4n) is 1.25. The Morgan fingerprint density at radius 2 is 1.93 bits per heavy atom. The van der Waals surface area contributed by atoms with Gasteiger partial charge in [0.15, 0.2) is 0 Å². The van der Waals surface area contributed by atoms with E-state index in [1.807, 2.05) is 32.0 Å². The molecular formula is C12H16OS. The van der Waals surface area contributed by atoms with Gasteiger partial charge in [0.2, 0.25) is 0 Å². The second-order valence-corrected chi connectivity index (χ2v) is 3.73. The number of hydrogen-bond acceptors (Lipinski definition) is 2. The van der Waals surface area contributed by atoms with Crippen molar-refractivity contribution in [1.82, 2.24) is 0 Å². The molecular weight excluding hydrogens is 192 g/mol. The van der Waals surface area contributed by atoms with Gasteiger partial charge in [-0.1, -0.05) is 24.8 Å². The Bertz CT molecular complexity index is 311. The lowest BCUT2D eigenvalue weighted by Crippen LogP contribution is -2.03. The van der Waals surface area contributed by atoms with E-state index in [-0.39, 0.29) is 0 Å². The molecule has 0 spiro atoms. The van der Waals surface area contributed by atoms with Crippen LogP contribution in [0.25, 0.3) is 0 Å². The maximum atomic E-state index is 5.67. The maximum Gasteiger partial charge on any atom is 0.125 e. The molecule has 0 radical (unpaired) electrons. The molecule has 1 aromatic carbocycles. The third kappa shape index (κ3) is 2.81. The summed E-state index contributed by atoms with van der Waals surface area (Å²) in [5, 5.41) is 0. The van der Waals surface area contributed by atoms with Gasteiger partial charge in [-0.2, -0.15) is 12.6 Å². The summed E-state index contributed by atoms with van der Waals surface area (Å²) in [6.45, 7) is 8.49. The largest absolute Gasteiger partial charge is 0.489 e. The van der Waals surface area contributed by atoms with Gasteiger partial charge in [-0.05, 0) is 30.5 Å². The van der Waals surface area contributed by atoms with E-state index < -0.39 is 0 Å². The summed E-state index contributed by atoms with van der Waals surface area (Å²) in [5.41, 5.74) is 3.32. The number of aryl methyl sites for hydroxylation is 2. The van der Waals surface area contributed by atoms with Gasteiger partial charge in [-0.3, -0.25) is 0 Å². The van der Waals surface area contributed by atoms with Gasteiger partial charge in [0, 0.05) is 5.75 Å². The molecule has 0 atom stereocenters. The summed E-state index contributed by atoms with van der Waals surface area (Å²) in [4.78, 5) is 0. The lowest BCUT2D eigenvalue weighted by molar-refractivity contribution is 0.348. The highest BCUT2D eigenvalue weighted by Gasteiger charge is 2.02. The minimum atomic E-state index is 0.551. The Balaban J connectivity index is 2.71. The first-order chi connectivity index (χ1) is 6.65. The molecule has 1 aromatic rings. The van der Waals surface area contributed by atoms with Crippen molar-refractivity contribution < 1.29 is 4.74 Å². The number of para-hydroxylation sites is 1. The van der Waals surface area contributed by atoms with Crippen LogP contribution < -0.4 is 4.74 Å². The molecule has 1 nitrogen and oxygen atoms in total. The van der Waals surface area contributed by atoms with Gasteiger partial charge in [-0.15, -0.1) is 0 Å². The van der Waals surface area contributed by atoms with Gasteiger partial charge in [0.1, 0.15) is 12.4 Å². The first kappa shape index (κ1) is 11.2. The third-order valence-corrected chi connectivity index (χ3v) is 2.50. The molecule has 1 rings (SSSR count). The fourth-order valence-corrected chi connectivity index (χ4v) is 1.34. The summed E-state index contributed by atoms with van der Waals surface area (Å²) in [6, 6.07) is 6.13. The monoisotopic (exact) mass is 208 g/mol. The predicted octanol–water partition coefficient (Wildman–Crippen LogP) is 3.17. The highest BCUT2D eigenvalue weighted by molar-refractivity contribution is 7.80. The smallest absolute Gasteiger partial charge is 0.125 e. The molecule has 0 aliphatic carbocycles. The topological polar surface area (TPSA) is 9.23 Å². The molecule has 0 aromatic heterocycles. The zero-order chi connectivity index (χ0) is 10.6. The van der Waals surface area contributed by atoms with Crippen molar-refractivity contribution in [1.29, 1.82) is 0 Å². The van der Waals surface area contributed by atoms with Crippen molar-refractivity contribution in [3.8, 4) is 5.75 Å². The highest BCUT2D eigenvalue weighted by Crippen LogP contribution is 2.22. The SMILES string of the molecule is C=C(CS)COc1c(C)cccc1C. The third-order valence-electron chi connectivity index (χ3n) is 2.05. The molecule has 0 aliphatic rings. The zero-order valence-electron chi connectivity index (χ0n) is 8.71. The van der Waals surface area contributed by atoms with E-state index in [9.17, 15) is 0 Å². The van der Waals surface area contributed by atoms with E-state index in [0.717, 1.165) is 22.4 Å². The number of ether oxygens (including phenoxy) is 1. The average Bonchev–Trinajstić information content (AvgIpc) is 2.16. The van der Waals surface area contributed by atoms with E-state index in [2.05, 4.69) is 19.2 Å². The van der Waals surface area contributed by atoms with Crippen molar-refractivity contribution in [2.45, 2.75) is 13.8 Å². The van der Waals surface area contributed by atoms with Crippen molar-refractivity contribution in [3.05, 3.63) is 41.5 Å². The molecule has 0 saturated carbocycles. The van der Waals surface area contributed by atoms with Crippen molar-refractivity contribution in [2.75, 3.05) is 12.4 Å². The number of thiol groups is 1. The van der Waals surface area contributed by atoms with Gasteiger partial charge in [-0.25, -0.2) is 0 Å². The Hall–Kier alpha value is -0.890. The van der Waals surface area contributed by atoms with Crippen LogP contribution in [-0.4, -0.2) is 12.4 Å². The molecule has 76 valence electrons. The van der Waals surface area contributed by atoms with Gasteiger partial charge < -0.3 is 4.74 Å². The average molecular weight is 208 g/mol. The fraction of sp³-hybridized carbons (Fsp3) is 0.333. The molecule has 0 unspecified atom stereocenters. The molecule has 0 bridgehead atoms. The van der Waals surface area contributed by atoms with Crippen LogP contribution in [0.4, 0.5) is 0 Å². The Kier molecular flexibility index (Phi) is 4.08. The van der Waals surface area contributed by atoms with Crippen molar-refractivity contribution >= 4 is 12.6 Å². The summed E-state index contributed by atoms with van der Waals surface area (Å²) >= 11 is 4.13. The summed E-state index contributed by atoms with van der Waals surface area (Å²) in [7, 11) is 0. The van der Waals surface area contributed by atoms with Crippen molar-refractivity contribution in [3.63, 3.8) is 0 Å². The predicted molar refractivity (Wildman–Crippen MR) is 64.4 cm³/mol. The van der Waals surface area contributed by atoms with Gasteiger partial charge in [0.05, 0.1) is 0 Å². The van der Waals surface area contributed by atoms with Crippen molar-refractivity contribution in [2.24, 2.45) is 0 Å². The van der Waals surface area contributed by atoms with Gasteiger partial charge in [0.25, 0.3) is 0 Å². The van der Waals surface area contributed by atoms with Crippen LogP contribution in [0.5, 0.6) is 5.75 Å². The van der Waals surface area contributed by atoms with Crippen LogP contribution in [0.2, 0.25) is 0 Å². The maximum absolute atomic E-state index is 5.67. The number of rotatable bonds is 4. The molecule has 2 heteroatoms. The van der Waals surface area contributed by atoms with Gasteiger partial charge >= 0.3 is 0 Å². The van der Waals surface area contributed by atoms with Crippen LogP contribution in [0.3, 0.4) is 0 Å². The lowest BCUT2D eigenvalue weighted by Gasteiger charge is -2.12. The van der Waals surface area contributed by atoms with Crippen LogP contribution in [-0.2, 0) is 0 Å².